The van der Waals surface area contributed by atoms with Gasteiger partial charge in [-0.15, -0.1) is 0 Å². The molecule has 0 spiro atoms. The van der Waals surface area contributed by atoms with Crippen molar-refractivity contribution in [2.75, 3.05) is 5.75 Å². The molecule has 0 fully saturated rings. The van der Waals surface area contributed by atoms with Gasteiger partial charge in [-0.3, -0.25) is 0 Å². The summed E-state index contributed by atoms with van der Waals surface area (Å²) in [4.78, 5) is 0.186. The van der Waals surface area contributed by atoms with Crippen LogP contribution in [0.4, 0.5) is 0 Å². The van der Waals surface area contributed by atoms with E-state index < -0.39 is 9.84 Å². The van der Waals surface area contributed by atoms with Crippen LogP contribution in [0.25, 0.3) is 0 Å². The number of hydrogen-bond donors (Lipinski definition) is 1. The zero-order chi connectivity index (χ0) is 10.8. The highest BCUT2D eigenvalue weighted by Gasteiger charge is 2.16. The van der Waals surface area contributed by atoms with E-state index in [9.17, 15) is 8.42 Å². The molecule has 3 nitrogen and oxygen atoms in total. The molecule has 1 aromatic rings. The van der Waals surface area contributed by atoms with E-state index in [4.69, 9.17) is 5.11 Å². The smallest absolute Gasteiger partial charge is 0.178 e. The summed E-state index contributed by atoms with van der Waals surface area (Å²) in [5.74, 6) is 0.174. The molecular weight excluding hydrogens is 200 g/mol. The molecule has 0 amide bonds. The molecule has 1 aromatic carbocycles. The van der Waals surface area contributed by atoms with Crippen molar-refractivity contribution in [3.63, 3.8) is 0 Å². The van der Waals surface area contributed by atoms with Crippen LogP contribution in [-0.2, 0) is 9.84 Å². The van der Waals surface area contributed by atoms with Crippen LogP contribution in [0.15, 0.2) is 29.2 Å². The Labute approximate surface area is 84.3 Å². The second-order valence-corrected chi connectivity index (χ2v) is 5.71. The van der Waals surface area contributed by atoms with Gasteiger partial charge < -0.3 is 5.11 Å². The fourth-order valence-corrected chi connectivity index (χ4v) is 2.87. The summed E-state index contributed by atoms with van der Waals surface area (Å²) in [6.07, 6.45) is 0. The zero-order valence-corrected chi connectivity index (χ0v) is 9.08. The van der Waals surface area contributed by atoms with Crippen molar-refractivity contribution in [2.24, 2.45) is 5.92 Å². The maximum atomic E-state index is 11.7. The summed E-state index contributed by atoms with van der Waals surface area (Å²) in [6, 6.07) is 5.76. The first-order valence-electron chi connectivity index (χ1n) is 4.43. The molecule has 0 saturated heterocycles. The second kappa shape index (κ2) is 4.00. The largest absolute Gasteiger partial charge is 0.508 e. The van der Waals surface area contributed by atoms with Crippen LogP contribution in [0.3, 0.4) is 0 Å². The van der Waals surface area contributed by atoms with Gasteiger partial charge in [0.05, 0.1) is 10.6 Å². The van der Waals surface area contributed by atoms with Crippen LogP contribution >= 0.6 is 0 Å². The third-order valence-corrected chi connectivity index (χ3v) is 3.81. The van der Waals surface area contributed by atoms with Crippen molar-refractivity contribution in [1.29, 1.82) is 0 Å². The molecule has 0 saturated carbocycles. The lowest BCUT2D eigenvalue weighted by Crippen LogP contribution is -2.11. The maximum absolute atomic E-state index is 11.7. The van der Waals surface area contributed by atoms with E-state index in [0.29, 0.717) is 0 Å². The first-order valence-corrected chi connectivity index (χ1v) is 6.09. The molecule has 0 unspecified atom stereocenters. The lowest BCUT2D eigenvalue weighted by atomic mass is 10.3. The van der Waals surface area contributed by atoms with Crippen LogP contribution in [0.2, 0.25) is 0 Å². The molecule has 0 aliphatic rings. The highest BCUT2D eigenvalue weighted by atomic mass is 32.2. The van der Waals surface area contributed by atoms with Gasteiger partial charge in [-0.2, -0.15) is 0 Å². The first kappa shape index (κ1) is 11.0. The van der Waals surface area contributed by atoms with E-state index in [2.05, 4.69) is 0 Å². The summed E-state index contributed by atoms with van der Waals surface area (Å²) in [6.45, 7) is 3.70. The number of rotatable bonds is 3. The standard InChI is InChI=1S/C10H14O3S/c1-8(2)7-14(12,13)10-5-3-4-9(11)6-10/h3-6,8,11H,7H2,1-2H3. The second-order valence-electron chi connectivity index (χ2n) is 3.67. The Bertz CT molecular complexity index is 407. The van der Waals surface area contributed by atoms with E-state index in [-0.39, 0.29) is 22.3 Å². The number of benzene rings is 1. The Hall–Kier alpha value is -1.03. The molecule has 0 aliphatic heterocycles. The van der Waals surface area contributed by atoms with Crippen LogP contribution in [0.5, 0.6) is 5.75 Å². The van der Waals surface area contributed by atoms with Gasteiger partial charge in [-0.1, -0.05) is 19.9 Å². The summed E-state index contributed by atoms with van der Waals surface area (Å²) >= 11 is 0. The van der Waals surface area contributed by atoms with Gasteiger partial charge in [0.2, 0.25) is 0 Å². The maximum Gasteiger partial charge on any atom is 0.178 e. The van der Waals surface area contributed by atoms with Crippen LogP contribution < -0.4 is 0 Å². The zero-order valence-electron chi connectivity index (χ0n) is 8.27. The molecule has 0 heterocycles. The molecule has 0 aliphatic carbocycles. The quantitative estimate of drug-likeness (QED) is 0.835. The third kappa shape index (κ3) is 2.73. The minimum atomic E-state index is -3.24. The van der Waals surface area contributed by atoms with E-state index in [0.717, 1.165) is 0 Å². The van der Waals surface area contributed by atoms with Crippen LogP contribution in [-0.4, -0.2) is 19.3 Å². The molecule has 14 heavy (non-hydrogen) atoms. The minimum Gasteiger partial charge on any atom is -0.508 e. The monoisotopic (exact) mass is 214 g/mol. The molecular formula is C10H14O3S. The molecule has 0 bridgehead atoms. The van der Waals surface area contributed by atoms with E-state index in [1.54, 1.807) is 0 Å². The predicted molar refractivity (Wildman–Crippen MR) is 55.0 cm³/mol. The molecule has 1 N–H and O–H groups in total. The van der Waals surface area contributed by atoms with Crippen molar-refractivity contribution in [3.8, 4) is 5.75 Å². The highest BCUT2D eigenvalue weighted by molar-refractivity contribution is 7.91. The highest BCUT2D eigenvalue weighted by Crippen LogP contribution is 2.18. The number of aromatic hydroxyl groups is 1. The summed E-state index contributed by atoms with van der Waals surface area (Å²) in [5.41, 5.74) is 0. The molecule has 0 aromatic heterocycles. The van der Waals surface area contributed by atoms with Gasteiger partial charge in [-0.25, -0.2) is 8.42 Å². The van der Waals surface area contributed by atoms with Crippen molar-refractivity contribution in [1.82, 2.24) is 0 Å². The van der Waals surface area contributed by atoms with Crippen molar-refractivity contribution in [3.05, 3.63) is 24.3 Å². The van der Waals surface area contributed by atoms with Gasteiger partial charge in [0, 0.05) is 0 Å². The fourth-order valence-electron chi connectivity index (χ4n) is 1.21. The number of phenols is 1. The molecule has 0 radical (unpaired) electrons. The predicted octanol–water partition coefficient (Wildman–Crippen LogP) is 1.82. The van der Waals surface area contributed by atoms with Crippen molar-refractivity contribution < 1.29 is 13.5 Å². The number of sulfone groups is 1. The van der Waals surface area contributed by atoms with Gasteiger partial charge in [-0.05, 0) is 24.1 Å². The lowest BCUT2D eigenvalue weighted by Gasteiger charge is -2.06. The first-order chi connectivity index (χ1) is 6.42. The molecule has 4 heteroatoms. The normalized spacial score (nSPS) is 11.9. The third-order valence-electron chi connectivity index (χ3n) is 1.73. The topological polar surface area (TPSA) is 54.4 Å². The number of phenolic OH excluding ortho intramolecular Hbond substituents is 1. The van der Waals surface area contributed by atoms with Crippen LogP contribution in [0.1, 0.15) is 13.8 Å². The summed E-state index contributed by atoms with van der Waals surface area (Å²) < 4.78 is 23.4. The minimum absolute atomic E-state index is 0.0187. The Morgan fingerprint density at radius 1 is 1.36 bits per heavy atom. The summed E-state index contributed by atoms with van der Waals surface area (Å²) in [5, 5.41) is 9.15. The van der Waals surface area contributed by atoms with Crippen molar-refractivity contribution in [2.45, 2.75) is 18.7 Å². The molecule has 1 rings (SSSR count). The average molecular weight is 214 g/mol. The number of hydrogen-bond acceptors (Lipinski definition) is 3. The molecule has 78 valence electrons. The Balaban J connectivity index is 3.05. The summed E-state index contributed by atoms with van der Waals surface area (Å²) in [7, 11) is -3.24. The fraction of sp³-hybridized carbons (Fsp3) is 0.400. The SMILES string of the molecule is CC(C)CS(=O)(=O)c1cccc(O)c1. The van der Waals surface area contributed by atoms with Gasteiger partial charge in [0.25, 0.3) is 0 Å². The van der Waals surface area contributed by atoms with Gasteiger partial charge in [0.1, 0.15) is 5.75 Å². The Morgan fingerprint density at radius 3 is 2.50 bits per heavy atom. The average Bonchev–Trinajstić information content (AvgIpc) is 2.01. The van der Waals surface area contributed by atoms with E-state index in [1.807, 2.05) is 13.8 Å². The Kier molecular flexibility index (Phi) is 3.16. The Morgan fingerprint density at radius 2 is 2.00 bits per heavy atom. The van der Waals surface area contributed by atoms with Gasteiger partial charge in [0.15, 0.2) is 9.84 Å². The van der Waals surface area contributed by atoms with E-state index >= 15 is 0 Å². The lowest BCUT2D eigenvalue weighted by molar-refractivity contribution is 0.473. The van der Waals surface area contributed by atoms with E-state index in [1.165, 1.54) is 24.3 Å². The molecule has 0 atom stereocenters. The van der Waals surface area contributed by atoms with Crippen LogP contribution in [0, 0.1) is 5.92 Å². The van der Waals surface area contributed by atoms with Gasteiger partial charge >= 0.3 is 0 Å². The van der Waals surface area contributed by atoms with Crippen molar-refractivity contribution >= 4 is 9.84 Å².